The van der Waals surface area contributed by atoms with Gasteiger partial charge in [0.1, 0.15) is 0 Å². The Morgan fingerprint density at radius 1 is 0.963 bits per heavy atom. The van der Waals surface area contributed by atoms with Crippen molar-refractivity contribution in [2.75, 3.05) is 11.1 Å². The summed E-state index contributed by atoms with van der Waals surface area (Å²) in [5.74, 6) is 0.992. The number of anilines is 1. The van der Waals surface area contributed by atoms with Gasteiger partial charge in [-0.3, -0.25) is 4.79 Å². The lowest BCUT2D eigenvalue weighted by Crippen LogP contribution is -2.14. The Morgan fingerprint density at radius 3 is 2.52 bits per heavy atom. The molecule has 0 spiro atoms. The number of amides is 1. The van der Waals surface area contributed by atoms with E-state index in [2.05, 4.69) is 39.8 Å². The Morgan fingerprint density at radius 2 is 1.70 bits per heavy atom. The van der Waals surface area contributed by atoms with E-state index in [9.17, 15) is 4.79 Å². The van der Waals surface area contributed by atoms with Gasteiger partial charge in [0.05, 0.1) is 5.75 Å². The molecule has 5 nitrogen and oxygen atoms in total. The lowest BCUT2D eigenvalue weighted by Gasteiger charge is -2.06. The number of hydrogen-bond acceptors (Lipinski definition) is 4. The summed E-state index contributed by atoms with van der Waals surface area (Å²) in [4.78, 5) is 12.1. The highest BCUT2D eigenvalue weighted by atomic mass is 32.2. The Hall–Kier alpha value is -3.12. The number of para-hydroxylation sites is 1. The van der Waals surface area contributed by atoms with E-state index in [-0.39, 0.29) is 11.7 Å². The summed E-state index contributed by atoms with van der Waals surface area (Å²) in [5.41, 5.74) is 1.79. The summed E-state index contributed by atoms with van der Waals surface area (Å²) in [6, 6.07) is 23.9. The Kier molecular flexibility index (Phi) is 4.89. The van der Waals surface area contributed by atoms with Gasteiger partial charge in [-0.1, -0.05) is 66.4 Å². The summed E-state index contributed by atoms with van der Waals surface area (Å²) in [6.07, 6.45) is 0. The van der Waals surface area contributed by atoms with Crippen molar-refractivity contribution < 1.29 is 4.79 Å². The molecule has 4 aromatic rings. The van der Waals surface area contributed by atoms with Gasteiger partial charge in [-0.2, -0.15) is 0 Å². The third-order valence-electron chi connectivity index (χ3n) is 4.23. The van der Waals surface area contributed by atoms with Crippen molar-refractivity contribution >= 4 is 34.1 Å². The summed E-state index contributed by atoms with van der Waals surface area (Å²) >= 11 is 1.37. The highest BCUT2D eigenvalue weighted by Crippen LogP contribution is 2.26. The molecule has 6 heteroatoms. The second kappa shape index (κ2) is 7.63. The average Bonchev–Trinajstić information content (AvgIpc) is 3.07. The summed E-state index contributed by atoms with van der Waals surface area (Å²) < 4.78 is 1.92. The van der Waals surface area contributed by atoms with Gasteiger partial charge in [0, 0.05) is 18.3 Å². The topological polar surface area (TPSA) is 59.8 Å². The number of nitrogens with zero attached hydrogens (tertiary/aromatic N) is 3. The molecule has 134 valence electrons. The SMILES string of the molecule is Cn1c(SCC(=O)Nc2ccccc2)nnc1-c1ccc2ccccc2c1. The van der Waals surface area contributed by atoms with Gasteiger partial charge in [-0.05, 0) is 29.0 Å². The molecule has 0 aliphatic heterocycles. The highest BCUT2D eigenvalue weighted by molar-refractivity contribution is 7.99. The first-order chi connectivity index (χ1) is 13.2. The van der Waals surface area contributed by atoms with Gasteiger partial charge in [0.2, 0.25) is 5.91 Å². The molecule has 1 amide bonds. The second-order valence-electron chi connectivity index (χ2n) is 6.13. The molecule has 1 heterocycles. The van der Waals surface area contributed by atoms with Crippen LogP contribution >= 0.6 is 11.8 Å². The fraction of sp³-hybridized carbons (Fsp3) is 0.0952. The minimum Gasteiger partial charge on any atom is -0.325 e. The zero-order valence-corrected chi connectivity index (χ0v) is 15.6. The largest absolute Gasteiger partial charge is 0.325 e. The van der Waals surface area contributed by atoms with Gasteiger partial charge < -0.3 is 9.88 Å². The van der Waals surface area contributed by atoms with Crippen molar-refractivity contribution in [3.8, 4) is 11.4 Å². The fourth-order valence-electron chi connectivity index (χ4n) is 2.87. The van der Waals surface area contributed by atoms with Crippen molar-refractivity contribution in [3.05, 3.63) is 72.8 Å². The van der Waals surface area contributed by atoms with E-state index in [0.29, 0.717) is 5.16 Å². The Balaban J connectivity index is 1.47. The van der Waals surface area contributed by atoms with E-state index in [0.717, 1.165) is 22.5 Å². The van der Waals surface area contributed by atoms with E-state index >= 15 is 0 Å². The predicted octanol–water partition coefficient (Wildman–Crippen LogP) is 4.37. The fourth-order valence-corrected chi connectivity index (χ4v) is 3.58. The third-order valence-corrected chi connectivity index (χ3v) is 5.25. The molecule has 0 atom stereocenters. The molecule has 0 radical (unpaired) electrons. The maximum absolute atomic E-state index is 12.1. The number of aromatic nitrogens is 3. The number of hydrogen-bond donors (Lipinski definition) is 1. The molecule has 3 aromatic carbocycles. The molecule has 0 unspecified atom stereocenters. The first-order valence-electron chi connectivity index (χ1n) is 8.57. The molecule has 0 bridgehead atoms. The molecule has 1 N–H and O–H groups in total. The van der Waals surface area contributed by atoms with Crippen LogP contribution in [0, 0.1) is 0 Å². The van der Waals surface area contributed by atoms with Crippen LogP contribution in [0.4, 0.5) is 5.69 Å². The number of nitrogens with one attached hydrogen (secondary N) is 1. The van der Waals surface area contributed by atoms with Gasteiger partial charge in [-0.15, -0.1) is 10.2 Å². The third kappa shape index (κ3) is 3.85. The van der Waals surface area contributed by atoms with Crippen LogP contribution in [0.2, 0.25) is 0 Å². The Labute approximate surface area is 161 Å². The van der Waals surface area contributed by atoms with Crippen LogP contribution < -0.4 is 5.32 Å². The maximum atomic E-state index is 12.1. The van der Waals surface area contributed by atoms with Crippen molar-refractivity contribution in [2.24, 2.45) is 7.05 Å². The van der Waals surface area contributed by atoms with Gasteiger partial charge in [-0.25, -0.2) is 0 Å². The second-order valence-corrected chi connectivity index (χ2v) is 7.07. The van der Waals surface area contributed by atoms with Crippen LogP contribution in [0.25, 0.3) is 22.2 Å². The van der Waals surface area contributed by atoms with E-state index in [1.54, 1.807) is 0 Å². The van der Waals surface area contributed by atoms with Crippen molar-refractivity contribution in [3.63, 3.8) is 0 Å². The van der Waals surface area contributed by atoms with Gasteiger partial charge in [0.15, 0.2) is 11.0 Å². The zero-order valence-electron chi connectivity index (χ0n) is 14.8. The molecule has 0 aliphatic rings. The first-order valence-corrected chi connectivity index (χ1v) is 9.55. The number of rotatable bonds is 5. The molecule has 0 saturated carbocycles. The van der Waals surface area contributed by atoms with Crippen LogP contribution in [-0.2, 0) is 11.8 Å². The normalized spacial score (nSPS) is 10.9. The molecule has 0 aliphatic carbocycles. The summed E-state index contributed by atoms with van der Waals surface area (Å²) in [6.45, 7) is 0. The average molecular weight is 374 g/mol. The van der Waals surface area contributed by atoms with E-state index in [1.165, 1.54) is 17.1 Å². The number of fused-ring (bicyclic) bond motifs is 1. The van der Waals surface area contributed by atoms with E-state index in [1.807, 2.05) is 60.1 Å². The van der Waals surface area contributed by atoms with Gasteiger partial charge in [0.25, 0.3) is 0 Å². The van der Waals surface area contributed by atoms with Gasteiger partial charge >= 0.3 is 0 Å². The van der Waals surface area contributed by atoms with Crippen molar-refractivity contribution in [1.82, 2.24) is 14.8 Å². The first kappa shape index (κ1) is 17.3. The smallest absolute Gasteiger partial charge is 0.234 e. The molecule has 27 heavy (non-hydrogen) atoms. The zero-order chi connectivity index (χ0) is 18.6. The molecule has 4 rings (SSSR count). The monoisotopic (exact) mass is 374 g/mol. The minimum absolute atomic E-state index is 0.0681. The van der Waals surface area contributed by atoms with Crippen molar-refractivity contribution in [2.45, 2.75) is 5.16 Å². The predicted molar refractivity (Wildman–Crippen MR) is 110 cm³/mol. The lowest BCUT2D eigenvalue weighted by atomic mass is 10.1. The van der Waals surface area contributed by atoms with E-state index in [4.69, 9.17) is 0 Å². The lowest BCUT2D eigenvalue weighted by molar-refractivity contribution is -0.113. The number of carbonyl (C=O) groups is 1. The molecule has 0 fully saturated rings. The molecular weight excluding hydrogens is 356 g/mol. The minimum atomic E-state index is -0.0681. The molecule has 0 saturated heterocycles. The number of thioether (sulfide) groups is 1. The van der Waals surface area contributed by atoms with Crippen LogP contribution in [0.15, 0.2) is 78.0 Å². The highest BCUT2D eigenvalue weighted by Gasteiger charge is 2.13. The van der Waals surface area contributed by atoms with Crippen molar-refractivity contribution in [1.29, 1.82) is 0 Å². The van der Waals surface area contributed by atoms with E-state index < -0.39 is 0 Å². The van der Waals surface area contributed by atoms with Crippen LogP contribution in [0.1, 0.15) is 0 Å². The summed E-state index contributed by atoms with van der Waals surface area (Å²) in [7, 11) is 1.92. The maximum Gasteiger partial charge on any atom is 0.234 e. The van der Waals surface area contributed by atoms with Crippen LogP contribution in [-0.4, -0.2) is 26.4 Å². The number of carbonyl (C=O) groups excluding carboxylic acids is 1. The molecule has 1 aromatic heterocycles. The number of benzene rings is 3. The Bertz CT molecular complexity index is 1090. The molecular formula is C21H18N4OS. The van der Waals surface area contributed by atoms with Crippen LogP contribution in [0.5, 0.6) is 0 Å². The quantitative estimate of drug-likeness (QED) is 0.527. The standard InChI is InChI=1S/C21H18N4OS/c1-25-20(17-12-11-15-7-5-6-8-16(15)13-17)23-24-21(25)27-14-19(26)22-18-9-3-2-4-10-18/h2-13H,14H2,1H3,(H,22,26). The van der Waals surface area contributed by atoms with Crippen LogP contribution in [0.3, 0.4) is 0 Å². The summed E-state index contributed by atoms with van der Waals surface area (Å²) in [5, 5.41) is 14.5.